The fourth-order valence-electron chi connectivity index (χ4n) is 2.83. The van der Waals surface area contributed by atoms with Gasteiger partial charge in [0.2, 0.25) is 11.8 Å². The molecule has 112 valence electrons. The van der Waals surface area contributed by atoms with Crippen molar-refractivity contribution >= 4 is 11.8 Å². The number of carbonyl (C=O) groups excluding carboxylic acids is 2. The summed E-state index contributed by atoms with van der Waals surface area (Å²) in [7, 11) is 0. The molecule has 2 atom stereocenters. The zero-order chi connectivity index (χ0) is 15.1. The maximum Gasteiger partial charge on any atom is 0.246 e. The number of nitrogens with one attached hydrogen (secondary N) is 1. The molecule has 5 heteroatoms. The molecule has 0 spiro atoms. The molecule has 1 N–H and O–H groups in total. The first kappa shape index (κ1) is 14.0. The lowest BCUT2D eigenvalue weighted by Gasteiger charge is -2.37. The van der Waals surface area contributed by atoms with Crippen molar-refractivity contribution in [2.24, 2.45) is 5.92 Å². The number of hydrogen-bond donors (Lipinski definition) is 1. The number of aryl methyl sites for hydroxylation is 1. The molecule has 2 aliphatic rings. The van der Waals surface area contributed by atoms with Crippen molar-refractivity contribution in [3.63, 3.8) is 0 Å². The van der Waals surface area contributed by atoms with Gasteiger partial charge in [-0.2, -0.15) is 0 Å². The van der Waals surface area contributed by atoms with Crippen LogP contribution in [-0.2, 0) is 16.1 Å². The van der Waals surface area contributed by atoms with Crippen molar-refractivity contribution in [1.82, 2.24) is 10.2 Å². The predicted octanol–water partition coefficient (Wildman–Crippen LogP) is 1.76. The summed E-state index contributed by atoms with van der Waals surface area (Å²) in [6, 6.07) is 3.65. The second-order valence-corrected chi connectivity index (χ2v) is 6.04. The zero-order valence-electron chi connectivity index (χ0n) is 12.2. The molecule has 1 saturated carbocycles. The maximum atomic E-state index is 13.2. The number of piperazine rings is 1. The Labute approximate surface area is 123 Å². The van der Waals surface area contributed by atoms with E-state index in [0.29, 0.717) is 6.54 Å². The summed E-state index contributed by atoms with van der Waals surface area (Å²) in [5.41, 5.74) is 1.67. The fourth-order valence-corrected chi connectivity index (χ4v) is 2.83. The van der Waals surface area contributed by atoms with Gasteiger partial charge in [-0.05, 0) is 55.9 Å². The van der Waals surface area contributed by atoms with Crippen LogP contribution in [0.25, 0.3) is 0 Å². The Bertz CT molecular complexity index is 598. The molecule has 1 saturated heterocycles. The van der Waals surface area contributed by atoms with Crippen molar-refractivity contribution in [1.29, 1.82) is 0 Å². The van der Waals surface area contributed by atoms with Gasteiger partial charge in [0.05, 0.1) is 0 Å². The number of rotatable bonds is 3. The van der Waals surface area contributed by atoms with E-state index in [1.165, 1.54) is 12.1 Å². The largest absolute Gasteiger partial charge is 0.342 e. The monoisotopic (exact) mass is 290 g/mol. The van der Waals surface area contributed by atoms with E-state index in [9.17, 15) is 14.0 Å². The molecule has 1 aromatic carbocycles. The highest BCUT2D eigenvalue weighted by atomic mass is 19.1. The number of carbonyl (C=O) groups is 2. The molecule has 2 amide bonds. The Morgan fingerprint density at radius 3 is 2.67 bits per heavy atom. The van der Waals surface area contributed by atoms with Crippen molar-refractivity contribution in [2.75, 3.05) is 0 Å². The Morgan fingerprint density at radius 1 is 1.33 bits per heavy atom. The van der Waals surface area contributed by atoms with Crippen molar-refractivity contribution < 1.29 is 14.0 Å². The average molecular weight is 290 g/mol. The zero-order valence-corrected chi connectivity index (χ0v) is 12.2. The van der Waals surface area contributed by atoms with E-state index in [1.807, 2.05) is 6.92 Å². The van der Waals surface area contributed by atoms with Crippen LogP contribution < -0.4 is 5.32 Å². The van der Waals surface area contributed by atoms with Gasteiger partial charge >= 0.3 is 0 Å². The van der Waals surface area contributed by atoms with Gasteiger partial charge in [-0.15, -0.1) is 0 Å². The van der Waals surface area contributed by atoms with Crippen LogP contribution in [0.3, 0.4) is 0 Å². The van der Waals surface area contributed by atoms with Gasteiger partial charge < -0.3 is 10.2 Å². The highest BCUT2D eigenvalue weighted by molar-refractivity contribution is 5.97. The quantitative estimate of drug-likeness (QED) is 0.922. The van der Waals surface area contributed by atoms with Crippen LogP contribution in [0.15, 0.2) is 18.2 Å². The average Bonchev–Trinajstić information content (AvgIpc) is 3.25. The Hall–Kier alpha value is -1.91. The van der Waals surface area contributed by atoms with E-state index >= 15 is 0 Å². The standard InChI is InChI=1S/C16H19FN2O2/c1-9-7-13(17)6-5-12(9)8-19-10(2)15(20)18-14(16(19)21)11-3-4-11/h5-7,10-11,14H,3-4,8H2,1-2H3,(H,18,20). The highest BCUT2D eigenvalue weighted by Gasteiger charge is 2.45. The van der Waals surface area contributed by atoms with Crippen LogP contribution >= 0.6 is 0 Å². The molecule has 0 radical (unpaired) electrons. The second kappa shape index (κ2) is 5.13. The minimum Gasteiger partial charge on any atom is -0.342 e. The normalized spacial score (nSPS) is 26.0. The molecule has 1 aromatic rings. The van der Waals surface area contributed by atoms with E-state index in [0.717, 1.165) is 24.0 Å². The molecule has 0 aromatic heterocycles. The first-order valence-electron chi connectivity index (χ1n) is 7.33. The van der Waals surface area contributed by atoms with Gasteiger partial charge in [-0.3, -0.25) is 9.59 Å². The summed E-state index contributed by atoms with van der Waals surface area (Å²) in [5.74, 6) is -0.131. The summed E-state index contributed by atoms with van der Waals surface area (Å²) >= 11 is 0. The number of amides is 2. The van der Waals surface area contributed by atoms with Gasteiger partial charge in [0, 0.05) is 6.54 Å². The number of halogens is 1. The first-order chi connectivity index (χ1) is 9.97. The van der Waals surface area contributed by atoms with Crippen molar-refractivity contribution in [3.05, 3.63) is 35.1 Å². The van der Waals surface area contributed by atoms with Gasteiger partial charge in [0.15, 0.2) is 0 Å². The van der Waals surface area contributed by atoms with Crippen LogP contribution in [0.5, 0.6) is 0 Å². The van der Waals surface area contributed by atoms with Gasteiger partial charge in [0.1, 0.15) is 17.9 Å². The Balaban J connectivity index is 1.84. The molecule has 1 aliphatic carbocycles. The van der Waals surface area contributed by atoms with E-state index in [1.54, 1.807) is 17.9 Å². The Morgan fingerprint density at radius 2 is 2.05 bits per heavy atom. The topological polar surface area (TPSA) is 49.4 Å². The summed E-state index contributed by atoms with van der Waals surface area (Å²) in [5, 5.41) is 2.83. The molecule has 2 unspecified atom stereocenters. The summed E-state index contributed by atoms with van der Waals surface area (Å²) < 4.78 is 13.2. The fraction of sp³-hybridized carbons (Fsp3) is 0.500. The highest BCUT2D eigenvalue weighted by Crippen LogP contribution is 2.35. The van der Waals surface area contributed by atoms with Crippen LogP contribution in [0.1, 0.15) is 30.9 Å². The molecular formula is C16H19FN2O2. The molecule has 3 rings (SSSR count). The van der Waals surface area contributed by atoms with Crippen LogP contribution in [-0.4, -0.2) is 28.8 Å². The lowest BCUT2D eigenvalue weighted by molar-refractivity contribution is -0.149. The SMILES string of the molecule is Cc1cc(F)ccc1CN1C(=O)C(C2CC2)NC(=O)C1C. The third-order valence-electron chi connectivity index (χ3n) is 4.43. The molecule has 4 nitrogen and oxygen atoms in total. The van der Waals surface area contributed by atoms with Crippen LogP contribution in [0, 0.1) is 18.7 Å². The minimum atomic E-state index is -0.489. The summed E-state index contributed by atoms with van der Waals surface area (Å²) in [6.45, 7) is 3.90. The van der Waals surface area contributed by atoms with E-state index in [-0.39, 0.29) is 29.6 Å². The molecule has 21 heavy (non-hydrogen) atoms. The van der Waals surface area contributed by atoms with Gasteiger partial charge in [-0.25, -0.2) is 4.39 Å². The molecular weight excluding hydrogens is 271 g/mol. The van der Waals surface area contributed by atoms with E-state index < -0.39 is 6.04 Å². The minimum absolute atomic E-state index is 0.0201. The molecule has 1 heterocycles. The van der Waals surface area contributed by atoms with Crippen molar-refractivity contribution in [2.45, 2.75) is 45.3 Å². The summed E-state index contributed by atoms with van der Waals surface area (Å²) in [6.07, 6.45) is 1.99. The molecule has 1 aliphatic heterocycles. The number of benzene rings is 1. The smallest absolute Gasteiger partial charge is 0.246 e. The molecule has 0 bridgehead atoms. The number of nitrogens with zero attached hydrogens (tertiary/aromatic N) is 1. The maximum absolute atomic E-state index is 13.2. The molecule has 2 fully saturated rings. The third-order valence-corrected chi connectivity index (χ3v) is 4.43. The van der Waals surface area contributed by atoms with Gasteiger partial charge in [0.25, 0.3) is 0 Å². The summed E-state index contributed by atoms with van der Waals surface area (Å²) in [4.78, 5) is 26.3. The van der Waals surface area contributed by atoms with Crippen molar-refractivity contribution in [3.8, 4) is 0 Å². The number of hydrogen-bond acceptors (Lipinski definition) is 2. The lowest BCUT2D eigenvalue weighted by atomic mass is 10.0. The predicted molar refractivity (Wildman–Crippen MR) is 75.8 cm³/mol. The van der Waals surface area contributed by atoms with Gasteiger partial charge in [-0.1, -0.05) is 6.07 Å². The lowest BCUT2D eigenvalue weighted by Crippen LogP contribution is -2.62. The van der Waals surface area contributed by atoms with E-state index in [2.05, 4.69) is 5.32 Å². The second-order valence-electron chi connectivity index (χ2n) is 6.04. The first-order valence-corrected chi connectivity index (χ1v) is 7.33. The van der Waals surface area contributed by atoms with Crippen LogP contribution in [0.2, 0.25) is 0 Å². The van der Waals surface area contributed by atoms with Crippen LogP contribution in [0.4, 0.5) is 4.39 Å². The van der Waals surface area contributed by atoms with E-state index in [4.69, 9.17) is 0 Å². The Kier molecular flexibility index (Phi) is 3.43. The third kappa shape index (κ3) is 2.64.